The fraction of sp³-hybridized carbons (Fsp3) is 0.696. The maximum atomic E-state index is 13.2. The highest BCUT2D eigenvalue weighted by Crippen LogP contribution is 2.45. The van der Waals surface area contributed by atoms with Crippen molar-refractivity contribution in [2.45, 2.75) is 69.4 Å². The van der Waals surface area contributed by atoms with Crippen LogP contribution in [0.4, 0.5) is 0 Å². The molecule has 8 heteroatoms. The van der Waals surface area contributed by atoms with E-state index in [0.29, 0.717) is 56.0 Å². The van der Waals surface area contributed by atoms with E-state index in [1.807, 2.05) is 6.07 Å². The summed E-state index contributed by atoms with van der Waals surface area (Å²) >= 11 is 0. The van der Waals surface area contributed by atoms with Gasteiger partial charge in [-0.25, -0.2) is 9.99 Å². The highest BCUT2D eigenvalue weighted by atomic mass is 16.5. The summed E-state index contributed by atoms with van der Waals surface area (Å²) in [6, 6.07) is 1.34. The van der Waals surface area contributed by atoms with Crippen LogP contribution in [0.1, 0.15) is 73.3 Å². The lowest BCUT2D eigenvalue weighted by molar-refractivity contribution is -0.127. The van der Waals surface area contributed by atoms with Crippen LogP contribution in [0.15, 0.2) is 12.3 Å². The molecule has 2 amide bonds. The topological polar surface area (TPSA) is 104 Å². The minimum Gasteiger partial charge on any atom is -0.491 e. The van der Waals surface area contributed by atoms with E-state index in [9.17, 15) is 14.7 Å². The number of ether oxygens (including phenoxy) is 1. The molecule has 0 radical (unpaired) electrons. The number of aliphatic hydroxyl groups is 1. The predicted octanol–water partition coefficient (Wildman–Crippen LogP) is 1.74. The van der Waals surface area contributed by atoms with E-state index in [-0.39, 0.29) is 17.5 Å². The Morgan fingerprint density at radius 3 is 2.58 bits per heavy atom. The van der Waals surface area contributed by atoms with Crippen LogP contribution < -0.4 is 15.5 Å². The number of hydrogen-bond acceptors (Lipinski definition) is 6. The Morgan fingerprint density at radius 1 is 1.16 bits per heavy atom. The summed E-state index contributed by atoms with van der Waals surface area (Å²) in [6.07, 6.45) is 9.27. The monoisotopic (exact) mass is 428 g/mol. The number of pyridine rings is 1. The Morgan fingerprint density at radius 2 is 1.94 bits per heavy atom. The number of nitrogens with zero attached hydrogens (tertiary/aromatic N) is 2. The van der Waals surface area contributed by atoms with Crippen LogP contribution in [-0.2, 0) is 4.79 Å². The molecule has 5 rings (SSSR count). The molecule has 3 saturated carbocycles. The van der Waals surface area contributed by atoms with Crippen molar-refractivity contribution in [2.24, 2.45) is 11.8 Å². The number of carbonyl (C=O) groups is 2. The molecule has 0 spiro atoms. The second-order valence-corrected chi connectivity index (χ2v) is 9.68. The van der Waals surface area contributed by atoms with Gasteiger partial charge in [-0.05, 0) is 62.3 Å². The lowest BCUT2D eigenvalue weighted by Crippen LogP contribution is -2.52. The first kappa shape index (κ1) is 20.7. The first-order valence-electron chi connectivity index (χ1n) is 11.7. The molecule has 3 aliphatic carbocycles. The van der Waals surface area contributed by atoms with Gasteiger partial charge in [-0.15, -0.1) is 0 Å². The quantitative estimate of drug-likeness (QED) is 0.525. The number of hydrogen-bond donors (Lipinski definition) is 3. The third-order valence-corrected chi connectivity index (χ3v) is 6.65. The van der Waals surface area contributed by atoms with E-state index in [1.54, 1.807) is 11.2 Å². The first-order chi connectivity index (χ1) is 15.1. The van der Waals surface area contributed by atoms with Crippen LogP contribution in [-0.4, -0.2) is 58.8 Å². The van der Waals surface area contributed by atoms with E-state index >= 15 is 0 Å². The van der Waals surface area contributed by atoms with Crippen molar-refractivity contribution in [1.82, 2.24) is 20.7 Å². The van der Waals surface area contributed by atoms with Gasteiger partial charge < -0.3 is 15.2 Å². The summed E-state index contributed by atoms with van der Waals surface area (Å²) in [7, 11) is 0. The third kappa shape index (κ3) is 5.36. The summed E-state index contributed by atoms with van der Waals surface area (Å²) in [6.45, 7) is 1.65. The smallest absolute Gasteiger partial charge is 0.274 e. The van der Waals surface area contributed by atoms with E-state index in [4.69, 9.17) is 4.74 Å². The molecule has 1 aromatic heterocycles. The zero-order valence-electron chi connectivity index (χ0n) is 17.9. The average Bonchev–Trinajstić information content (AvgIpc) is 3.60. The van der Waals surface area contributed by atoms with Gasteiger partial charge in [0.15, 0.2) is 11.4 Å². The van der Waals surface area contributed by atoms with Gasteiger partial charge in [0.05, 0.1) is 12.7 Å². The van der Waals surface area contributed by atoms with Gasteiger partial charge in [0.2, 0.25) is 0 Å². The summed E-state index contributed by atoms with van der Waals surface area (Å²) in [5.41, 5.74) is 4.22. The van der Waals surface area contributed by atoms with Crippen LogP contribution in [0.25, 0.3) is 0 Å². The summed E-state index contributed by atoms with van der Waals surface area (Å²) < 4.78 is 6.11. The molecule has 3 N–H and O–H groups in total. The highest BCUT2D eigenvalue weighted by molar-refractivity contribution is 5.98. The second kappa shape index (κ2) is 8.74. The molecule has 0 bridgehead atoms. The van der Waals surface area contributed by atoms with Crippen molar-refractivity contribution >= 4 is 11.8 Å². The Hall–Kier alpha value is -2.19. The maximum absolute atomic E-state index is 13.2. The van der Waals surface area contributed by atoms with E-state index in [1.165, 1.54) is 12.8 Å². The van der Waals surface area contributed by atoms with Crippen molar-refractivity contribution in [2.75, 3.05) is 19.7 Å². The zero-order chi connectivity index (χ0) is 21.4. The molecule has 1 saturated heterocycles. The lowest BCUT2D eigenvalue weighted by atomic mass is 10.1. The minimum absolute atomic E-state index is 0.229. The molecule has 1 aliphatic heterocycles. The summed E-state index contributed by atoms with van der Waals surface area (Å²) in [5.74, 6) is 1.51. The highest BCUT2D eigenvalue weighted by Gasteiger charge is 2.35. The molecule has 2 atom stereocenters. The van der Waals surface area contributed by atoms with Crippen LogP contribution in [0, 0.1) is 11.8 Å². The number of aliphatic hydroxyl groups excluding tert-OH is 1. The fourth-order valence-electron chi connectivity index (χ4n) is 4.20. The molecule has 4 fully saturated rings. The van der Waals surface area contributed by atoms with Crippen molar-refractivity contribution in [3.63, 3.8) is 0 Å². The van der Waals surface area contributed by atoms with Crippen molar-refractivity contribution in [3.8, 4) is 5.75 Å². The Labute approximate surface area is 182 Å². The standard InChI is InChI=1S/C23H32N4O4/c28-17-8-10-27(12-17)26-22(29)19(11-14-1-2-14)25-23(30)20-21(31-13-15-3-4-15)18(7-9-24-20)16-5-6-16/h7,9,14-17,19,28H,1-6,8,10-13H2,(H,25,30)(H,26,29)/t17?,19-/m0/s1. The van der Waals surface area contributed by atoms with Crippen LogP contribution in [0.3, 0.4) is 0 Å². The van der Waals surface area contributed by atoms with Gasteiger partial charge in [-0.1, -0.05) is 12.8 Å². The molecular formula is C23H32N4O4. The zero-order valence-corrected chi connectivity index (χ0v) is 17.9. The normalized spacial score (nSPS) is 24.6. The fourth-order valence-corrected chi connectivity index (χ4v) is 4.20. The van der Waals surface area contributed by atoms with Gasteiger partial charge in [0.25, 0.3) is 11.8 Å². The number of nitrogens with one attached hydrogen (secondary N) is 2. The number of hydrazine groups is 1. The van der Waals surface area contributed by atoms with E-state index in [0.717, 1.165) is 31.2 Å². The molecule has 1 unspecified atom stereocenters. The molecule has 31 heavy (non-hydrogen) atoms. The summed E-state index contributed by atoms with van der Waals surface area (Å²) in [4.78, 5) is 30.5. The second-order valence-electron chi connectivity index (χ2n) is 9.68. The van der Waals surface area contributed by atoms with Gasteiger partial charge in [0, 0.05) is 24.8 Å². The van der Waals surface area contributed by atoms with Crippen molar-refractivity contribution in [3.05, 3.63) is 23.5 Å². The maximum Gasteiger partial charge on any atom is 0.274 e. The van der Waals surface area contributed by atoms with Crippen LogP contribution >= 0.6 is 0 Å². The number of aromatic nitrogens is 1. The molecule has 0 aromatic carbocycles. The largest absolute Gasteiger partial charge is 0.491 e. The van der Waals surface area contributed by atoms with E-state index < -0.39 is 12.1 Å². The van der Waals surface area contributed by atoms with Crippen molar-refractivity contribution in [1.29, 1.82) is 0 Å². The third-order valence-electron chi connectivity index (χ3n) is 6.65. The van der Waals surface area contributed by atoms with Gasteiger partial charge in [-0.3, -0.25) is 15.0 Å². The Balaban J connectivity index is 1.30. The number of carbonyl (C=O) groups excluding carboxylic acids is 2. The van der Waals surface area contributed by atoms with Crippen molar-refractivity contribution < 1.29 is 19.4 Å². The number of rotatable bonds is 10. The molecule has 1 aromatic rings. The van der Waals surface area contributed by atoms with E-state index in [2.05, 4.69) is 15.7 Å². The first-order valence-corrected chi connectivity index (χ1v) is 11.7. The lowest BCUT2D eigenvalue weighted by Gasteiger charge is -2.23. The van der Waals surface area contributed by atoms with Gasteiger partial charge in [0.1, 0.15) is 6.04 Å². The minimum atomic E-state index is -0.625. The predicted molar refractivity (Wildman–Crippen MR) is 113 cm³/mol. The molecule has 4 aliphatic rings. The molecule has 8 nitrogen and oxygen atoms in total. The number of β-amino-alcohol motifs (C(OH)–C–C–N with tert-alkyl or cyclic N) is 1. The SMILES string of the molecule is O=C(N[C@@H](CC1CC1)C(=O)NN1CCC(O)C1)c1nccc(C2CC2)c1OCC1CC1. The average molecular weight is 429 g/mol. The van der Waals surface area contributed by atoms with Crippen LogP contribution in [0.5, 0.6) is 5.75 Å². The molecule has 168 valence electrons. The van der Waals surface area contributed by atoms with Crippen LogP contribution in [0.2, 0.25) is 0 Å². The molecular weight excluding hydrogens is 396 g/mol. The van der Waals surface area contributed by atoms with Gasteiger partial charge in [-0.2, -0.15) is 0 Å². The Bertz CT molecular complexity index is 835. The Kier molecular flexibility index (Phi) is 5.84. The number of amides is 2. The summed E-state index contributed by atoms with van der Waals surface area (Å²) in [5, 5.41) is 14.4. The molecule has 2 heterocycles. The van der Waals surface area contributed by atoms with Gasteiger partial charge >= 0.3 is 0 Å².